The summed E-state index contributed by atoms with van der Waals surface area (Å²) in [5, 5.41) is 10.5. The molecule has 0 aromatic carbocycles. The van der Waals surface area contributed by atoms with Crippen molar-refractivity contribution in [3.63, 3.8) is 0 Å². The fourth-order valence-corrected chi connectivity index (χ4v) is 4.83. The molecule has 1 heterocycles. The highest BCUT2D eigenvalue weighted by molar-refractivity contribution is 4.98. The van der Waals surface area contributed by atoms with Gasteiger partial charge in [-0.2, -0.15) is 0 Å². The van der Waals surface area contributed by atoms with Crippen LogP contribution < -0.4 is 0 Å². The molecular weight excluding hydrogens is 248 g/mol. The van der Waals surface area contributed by atoms with Crippen LogP contribution in [0, 0.1) is 23.2 Å². The van der Waals surface area contributed by atoms with Gasteiger partial charge in [-0.15, -0.1) is 0 Å². The molecule has 3 aliphatic rings. The van der Waals surface area contributed by atoms with Gasteiger partial charge in [-0.1, -0.05) is 20.8 Å². The SMILES string of the molecule is CC(C)(C)C1CCC(O)C(C2CCOC3(CCC3)C2)C1. The van der Waals surface area contributed by atoms with Crippen LogP contribution >= 0.6 is 0 Å². The summed E-state index contributed by atoms with van der Waals surface area (Å²) in [5.41, 5.74) is 0.606. The number of rotatable bonds is 1. The van der Waals surface area contributed by atoms with Crippen LogP contribution in [0.1, 0.15) is 72.1 Å². The van der Waals surface area contributed by atoms with Crippen molar-refractivity contribution in [1.29, 1.82) is 0 Å². The maximum absolute atomic E-state index is 10.5. The first kappa shape index (κ1) is 14.8. The molecule has 2 heteroatoms. The van der Waals surface area contributed by atoms with Gasteiger partial charge in [0.15, 0.2) is 0 Å². The molecule has 4 unspecified atom stereocenters. The second-order valence-electron chi connectivity index (χ2n) is 8.75. The van der Waals surface area contributed by atoms with Crippen LogP contribution in [0.15, 0.2) is 0 Å². The number of hydrogen-bond acceptors (Lipinski definition) is 2. The summed E-state index contributed by atoms with van der Waals surface area (Å²) in [6.45, 7) is 8.02. The van der Waals surface area contributed by atoms with E-state index in [2.05, 4.69) is 20.8 Å². The Morgan fingerprint density at radius 3 is 2.45 bits per heavy atom. The predicted octanol–water partition coefficient (Wildman–Crippen LogP) is 4.16. The van der Waals surface area contributed by atoms with Gasteiger partial charge in [-0.3, -0.25) is 0 Å². The van der Waals surface area contributed by atoms with E-state index in [-0.39, 0.29) is 11.7 Å². The van der Waals surface area contributed by atoms with Crippen molar-refractivity contribution in [3.05, 3.63) is 0 Å². The summed E-state index contributed by atoms with van der Waals surface area (Å²) in [4.78, 5) is 0. The van der Waals surface area contributed by atoms with Crippen molar-refractivity contribution < 1.29 is 9.84 Å². The van der Waals surface area contributed by atoms with Crippen LogP contribution in [-0.4, -0.2) is 23.4 Å². The lowest BCUT2D eigenvalue weighted by atomic mass is 9.61. The lowest BCUT2D eigenvalue weighted by molar-refractivity contribution is -0.161. The zero-order chi connectivity index (χ0) is 14.4. The Morgan fingerprint density at radius 2 is 1.85 bits per heavy atom. The third-order valence-electron chi connectivity index (χ3n) is 6.49. The van der Waals surface area contributed by atoms with E-state index in [1.54, 1.807) is 0 Å². The van der Waals surface area contributed by atoms with E-state index in [1.165, 1.54) is 44.9 Å². The number of aliphatic hydroxyl groups is 1. The second-order valence-corrected chi connectivity index (χ2v) is 8.75. The fourth-order valence-electron chi connectivity index (χ4n) is 4.83. The van der Waals surface area contributed by atoms with Gasteiger partial charge in [0.25, 0.3) is 0 Å². The van der Waals surface area contributed by atoms with Crippen LogP contribution in [-0.2, 0) is 4.74 Å². The highest BCUT2D eigenvalue weighted by atomic mass is 16.5. The lowest BCUT2D eigenvalue weighted by Gasteiger charge is -2.51. The van der Waals surface area contributed by atoms with Crippen molar-refractivity contribution in [3.8, 4) is 0 Å². The monoisotopic (exact) mass is 280 g/mol. The topological polar surface area (TPSA) is 29.5 Å². The molecule has 1 spiro atoms. The smallest absolute Gasteiger partial charge is 0.0685 e. The van der Waals surface area contributed by atoms with Gasteiger partial charge in [-0.25, -0.2) is 0 Å². The molecular formula is C18H32O2. The van der Waals surface area contributed by atoms with E-state index in [0.717, 1.165) is 18.9 Å². The summed E-state index contributed by atoms with van der Waals surface area (Å²) in [7, 11) is 0. The van der Waals surface area contributed by atoms with E-state index >= 15 is 0 Å². The normalized spacial score (nSPS) is 41.4. The Kier molecular flexibility index (Phi) is 3.92. The van der Waals surface area contributed by atoms with Crippen LogP contribution in [0.5, 0.6) is 0 Å². The molecule has 2 aliphatic carbocycles. The molecule has 3 fully saturated rings. The molecule has 1 N–H and O–H groups in total. The van der Waals surface area contributed by atoms with E-state index in [1.807, 2.05) is 0 Å². The summed E-state index contributed by atoms with van der Waals surface area (Å²) in [6.07, 6.45) is 9.62. The van der Waals surface area contributed by atoms with Crippen molar-refractivity contribution in [2.75, 3.05) is 6.61 Å². The van der Waals surface area contributed by atoms with Gasteiger partial charge in [0, 0.05) is 6.61 Å². The molecule has 20 heavy (non-hydrogen) atoms. The first-order valence-electron chi connectivity index (χ1n) is 8.72. The molecule has 0 aromatic heterocycles. The van der Waals surface area contributed by atoms with Gasteiger partial charge in [0.1, 0.15) is 0 Å². The van der Waals surface area contributed by atoms with Gasteiger partial charge >= 0.3 is 0 Å². The molecule has 116 valence electrons. The van der Waals surface area contributed by atoms with Crippen molar-refractivity contribution in [1.82, 2.24) is 0 Å². The lowest BCUT2D eigenvalue weighted by Crippen LogP contribution is -2.49. The average Bonchev–Trinajstić information content (AvgIpc) is 2.36. The first-order chi connectivity index (χ1) is 9.40. The molecule has 0 amide bonds. The Labute approximate surface area is 124 Å². The molecule has 3 rings (SSSR count). The maximum Gasteiger partial charge on any atom is 0.0685 e. The zero-order valence-corrected chi connectivity index (χ0v) is 13.5. The molecule has 1 saturated heterocycles. The molecule has 2 saturated carbocycles. The third-order valence-corrected chi connectivity index (χ3v) is 6.49. The van der Waals surface area contributed by atoms with Crippen molar-refractivity contribution >= 4 is 0 Å². The standard InChI is InChI=1S/C18H32O2/c1-17(2,3)14-5-6-16(19)15(11-14)13-7-10-20-18(12-13)8-4-9-18/h13-16,19H,4-12H2,1-3H3. The molecule has 2 nitrogen and oxygen atoms in total. The number of hydrogen-bond donors (Lipinski definition) is 1. The molecule has 4 atom stereocenters. The van der Waals surface area contributed by atoms with Crippen LogP contribution in [0.3, 0.4) is 0 Å². The van der Waals surface area contributed by atoms with Crippen molar-refractivity contribution in [2.24, 2.45) is 23.2 Å². The molecule has 0 bridgehead atoms. The molecule has 0 aromatic rings. The fraction of sp³-hybridized carbons (Fsp3) is 1.00. The quantitative estimate of drug-likeness (QED) is 0.781. The summed E-state index contributed by atoms with van der Waals surface area (Å²) < 4.78 is 6.07. The van der Waals surface area contributed by atoms with Crippen LogP contribution in [0.2, 0.25) is 0 Å². The Balaban J connectivity index is 1.67. The second kappa shape index (κ2) is 5.28. The Morgan fingerprint density at radius 1 is 1.10 bits per heavy atom. The van der Waals surface area contributed by atoms with E-state index in [9.17, 15) is 5.11 Å². The predicted molar refractivity (Wildman–Crippen MR) is 81.6 cm³/mol. The van der Waals surface area contributed by atoms with Crippen LogP contribution in [0.25, 0.3) is 0 Å². The van der Waals surface area contributed by atoms with Crippen molar-refractivity contribution in [2.45, 2.75) is 83.8 Å². The van der Waals surface area contributed by atoms with E-state index in [0.29, 0.717) is 17.3 Å². The minimum Gasteiger partial charge on any atom is -0.393 e. The summed E-state index contributed by atoms with van der Waals surface area (Å²) >= 11 is 0. The van der Waals surface area contributed by atoms with Gasteiger partial charge in [0.05, 0.1) is 11.7 Å². The third kappa shape index (κ3) is 2.78. The Hall–Kier alpha value is -0.0800. The largest absolute Gasteiger partial charge is 0.393 e. The van der Waals surface area contributed by atoms with E-state index in [4.69, 9.17) is 4.74 Å². The first-order valence-corrected chi connectivity index (χ1v) is 8.72. The maximum atomic E-state index is 10.5. The minimum absolute atomic E-state index is 0.0613. The number of ether oxygens (including phenoxy) is 1. The van der Waals surface area contributed by atoms with Crippen LogP contribution in [0.4, 0.5) is 0 Å². The van der Waals surface area contributed by atoms with Gasteiger partial charge in [-0.05, 0) is 74.5 Å². The highest BCUT2D eigenvalue weighted by Gasteiger charge is 2.47. The molecule has 0 radical (unpaired) electrons. The van der Waals surface area contributed by atoms with Gasteiger partial charge in [0.2, 0.25) is 0 Å². The zero-order valence-electron chi connectivity index (χ0n) is 13.5. The van der Waals surface area contributed by atoms with Gasteiger partial charge < -0.3 is 9.84 Å². The summed E-state index contributed by atoms with van der Waals surface area (Å²) in [5.74, 6) is 2.00. The van der Waals surface area contributed by atoms with E-state index < -0.39 is 0 Å². The minimum atomic E-state index is -0.0613. The average molecular weight is 280 g/mol. The summed E-state index contributed by atoms with van der Waals surface area (Å²) in [6, 6.07) is 0. The number of aliphatic hydroxyl groups excluding tert-OH is 1. The Bertz CT molecular complexity index is 340. The molecule has 1 aliphatic heterocycles. The highest BCUT2D eigenvalue weighted by Crippen LogP contribution is 2.50.